The minimum absolute atomic E-state index is 0.632. The van der Waals surface area contributed by atoms with Crippen LogP contribution in [0.5, 0.6) is 0 Å². The van der Waals surface area contributed by atoms with E-state index in [0.29, 0.717) is 11.3 Å². The Balaban J connectivity index is 2.05. The largest absolute Gasteiger partial charge is 0.399 e. The van der Waals surface area contributed by atoms with Gasteiger partial charge in [-0.25, -0.2) is 0 Å². The number of nitrogens with two attached hydrogens (primary N) is 1. The predicted octanol–water partition coefficient (Wildman–Crippen LogP) is 3.37. The molecule has 98 valence electrons. The lowest BCUT2D eigenvalue weighted by molar-refractivity contribution is 0.112. The van der Waals surface area contributed by atoms with Gasteiger partial charge in [-0.15, -0.1) is 0 Å². The van der Waals surface area contributed by atoms with E-state index in [1.807, 2.05) is 36.4 Å². The zero-order chi connectivity index (χ0) is 13.9. The number of nitrogens with one attached hydrogen (secondary N) is 1. The highest BCUT2D eigenvalue weighted by molar-refractivity contribution is 5.94. The third kappa shape index (κ3) is 2.31. The summed E-state index contributed by atoms with van der Waals surface area (Å²) in [6.45, 7) is 0. The van der Waals surface area contributed by atoms with Gasteiger partial charge in [0.05, 0.1) is 5.52 Å². The van der Waals surface area contributed by atoms with E-state index in [9.17, 15) is 4.79 Å². The molecule has 1 heterocycles. The number of anilines is 3. The molecule has 0 unspecified atom stereocenters. The Morgan fingerprint density at radius 2 is 2.00 bits per heavy atom. The fourth-order valence-electron chi connectivity index (χ4n) is 2.12. The number of benzene rings is 2. The van der Waals surface area contributed by atoms with Gasteiger partial charge in [0.15, 0.2) is 0 Å². The van der Waals surface area contributed by atoms with Gasteiger partial charge in [-0.3, -0.25) is 9.78 Å². The summed E-state index contributed by atoms with van der Waals surface area (Å²) in [4.78, 5) is 15.1. The summed E-state index contributed by atoms with van der Waals surface area (Å²) in [6, 6.07) is 14.8. The zero-order valence-corrected chi connectivity index (χ0v) is 10.7. The minimum atomic E-state index is 0.632. The highest BCUT2D eigenvalue weighted by atomic mass is 16.1. The maximum Gasteiger partial charge on any atom is 0.150 e. The second-order valence-corrected chi connectivity index (χ2v) is 4.50. The molecule has 0 spiro atoms. The lowest BCUT2D eigenvalue weighted by Gasteiger charge is -2.10. The summed E-state index contributed by atoms with van der Waals surface area (Å²) in [5.74, 6) is 0. The van der Waals surface area contributed by atoms with Gasteiger partial charge in [-0.1, -0.05) is 12.1 Å². The van der Waals surface area contributed by atoms with Crippen LogP contribution < -0.4 is 11.1 Å². The van der Waals surface area contributed by atoms with Crippen LogP contribution >= 0.6 is 0 Å². The van der Waals surface area contributed by atoms with Crippen molar-refractivity contribution in [3.05, 3.63) is 60.3 Å². The molecule has 0 atom stereocenters. The topological polar surface area (TPSA) is 68.0 Å². The van der Waals surface area contributed by atoms with Crippen molar-refractivity contribution in [1.29, 1.82) is 0 Å². The molecular formula is C16H13N3O. The summed E-state index contributed by atoms with van der Waals surface area (Å²) in [5.41, 5.74) is 9.78. The SMILES string of the molecule is Nc1ccc2nccc(Nc3cccc(C=O)c3)c2c1. The molecule has 4 heteroatoms. The molecule has 3 N–H and O–H groups in total. The van der Waals surface area contributed by atoms with Crippen molar-refractivity contribution in [3.8, 4) is 0 Å². The minimum Gasteiger partial charge on any atom is -0.399 e. The van der Waals surface area contributed by atoms with E-state index in [1.165, 1.54) is 0 Å². The average molecular weight is 263 g/mol. The summed E-state index contributed by atoms with van der Waals surface area (Å²) >= 11 is 0. The Morgan fingerprint density at radius 3 is 2.85 bits per heavy atom. The molecule has 0 aliphatic carbocycles. The van der Waals surface area contributed by atoms with E-state index in [2.05, 4.69) is 10.3 Å². The first-order valence-corrected chi connectivity index (χ1v) is 6.23. The Bertz CT molecular complexity index is 784. The number of aromatic nitrogens is 1. The van der Waals surface area contributed by atoms with E-state index in [4.69, 9.17) is 5.73 Å². The first kappa shape index (κ1) is 12.2. The quantitative estimate of drug-likeness (QED) is 0.561. The van der Waals surface area contributed by atoms with Crippen LogP contribution in [0, 0.1) is 0 Å². The number of nitrogen functional groups attached to an aromatic ring is 1. The van der Waals surface area contributed by atoms with Gasteiger partial charge in [0.1, 0.15) is 6.29 Å². The monoisotopic (exact) mass is 263 g/mol. The highest BCUT2D eigenvalue weighted by Gasteiger charge is 2.03. The molecule has 0 bridgehead atoms. The summed E-state index contributed by atoms with van der Waals surface area (Å²) in [7, 11) is 0. The lowest BCUT2D eigenvalue weighted by Crippen LogP contribution is -1.94. The highest BCUT2D eigenvalue weighted by Crippen LogP contribution is 2.26. The standard InChI is InChI=1S/C16H13N3O/c17-12-4-5-15-14(9-12)16(6-7-18-15)19-13-3-1-2-11(8-13)10-20/h1-10H,17H2,(H,18,19). The molecule has 0 aliphatic rings. The van der Waals surface area contributed by atoms with Gasteiger partial charge in [-0.2, -0.15) is 0 Å². The third-order valence-electron chi connectivity index (χ3n) is 3.07. The number of pyridine rings is 1. The first-order valence-electron chi connectivity index (χ1n) is 6.23. The van der Waals surface area contributed by atoms with Crippen molar-refractivity contribution >= 4 is 34.3 Å². The molecule has 3 rings (SSSR count). The molecule has 0 fully saturated rings. The van der Waals surface area contributed by atoms with Crippen molar-refractivity contribution in [1.82, 2.24) is 4.98 Å². The average Bonchev–Trinajstić information content (AvgIpc) is 2.48. The molecule has 2 aromatic carbocycles. The summed E-state index contributed by atoms with van der Waals surface area (Å²) in [5, 5.41) is 4.24. The van der Waals surface area contributed by atoms with Crippen LogP contribution in [0.25, 0.3) is 10.9 Å². The predicted molar refractivity (Wildman–Crippen MR) is 81.3 cm³/mol. The van der Waals surface area contributed by atoms with Gasteiger partial charge in [0, 0.05) is 34.2 Å². The van der Waals surface area contributed by atoms with Gasteiger partial charge in [0.2, 0.25) is 0 Å². The lowest BCUT2D eigenvalue weighted by atomic mass is 10.1. The van der Waals surface area contributed by atoms with Crippen LogP contribution in [0.15, 0.2) is 54.7 Å². The second kappa shape index (κ2) is 5.01. The van der Waals surface area contributed by atoms with Crippen LogP contribution in [0.1, 0.15) is 10.4 Å². The Hall–Kier alpha value is -2.88. The van der Waals surface area contributed by atoms with Crippen LogP contribution in [0.3, 0.4) is 0 Å². The Kier molecular flexibility index (Phi) is 3.05. The first-order chi connectivity index (χ1) is 9.76. The number of hydrogen-bond acceptors (Lipinski definition) is 4. The van der Waals surface area contributed by atoms with Crippen LogP contribution in [-0.2, 0) is 0 Å². The van der Waals surface area contributed by atoms with E-state index >= 15 is 0 Å². The molecular weight excluding hydrogens is 250 g/mol. The molecule has 0 amide bonds. The Morgan fingerprint density at radius 1 is 1.10 bits per heavy atom. The second-order valence-electron chi connectivity index (χ2n) is 4.50. The molecule has 0 aliphatic heterocycles. The number of nitrogens with zero attached hydrogens (tertiary/aromatic N) is 1. The van der Waals surface area contributed by atoms with E-state index < -0.39 is 0 Å². The van der Waals surface area contributed by atoms with Gasteiger partial charge in [0.25, 0.3) is 0 Å². The number of fused-ring (bicyclic) bond motifs is 1. The summed E-state index contributed by atoms with van der Waals surface area (Å²) < 4.78 is 0. The number of carbonyl (C=O) groups excluding carboxylic acids is 1. The van der Waals surface area contributed by atoms with Gasteiger partial charge < -0.3 is 11.1 Å². The number of rotatable bonds is 3. The molecule has 0 saturated carbocycles. The number of carbonyl (C=O) groups is 1. The van der Waals surface area contributed by atoms with Crippen LogP contribution in [0.2, 0.25) is 0 Å². The third-order valence-corrected chi connectivity index (χ3v) is 3.07. The number of aldehydes is 1. The van der Waals surface area contributed by atoms with Crippen molar-refractivity contribution in [3.63, 3.8) is 0 Å². The van der Waals surface area contributed by atoms with Crippen molar-refractivity contribution in [2.45, 2.75) is 0 Å². The van der Waals surface area contributed by atoms with Crippen LogP contribution in [0.4, 0.5) is 17.1 Å². The van der Waals surface area contributed by atoms with Gasteiger partial charge >= 0.3 is 0 Å². The molecule has 4 nitrogen and oxygen atoms in total. The maximum atomic E-state index is 10.8. The molecule has 0 radical (unpaired) electrons. The van der Waals surface area contributed by atoms with Crippen LogP contribution in [-0.4, -0.2) is 11.3 Å². The number of hydrogen-bond donors (Lipinski definition) is 2. The smallest absolute Gasteiger partial charge is 0.150 e. The fourth-order valence-corrected chi connectivity index (χ4v) is 2.12. The van der Waals surface area contributed by atoms with E-state index in [0.717, 1.165) is 28.6 Å². The molecule has 20 heavy (non-hydrogen) atoms. The van der Waals surface area contributed by atoms with Crippen molar-refractivity contribution in [2.75, 3.05) is 11.1 Å². The van der Waals surface area contributed by atoms with Crippen molar-refractivity contribution < 1.29 is 4.79 Å². The zero-order valence-electron chi connectivity index (χ0n) is 10.7. The van der Waals surface area contributed by atoms with E-state index in [-0.39, 0.29) is 0 Å². The molecule has 1 aromatic heterocycles. The van der Waals surface area contributed by atoms with Crippen molar-refractivity contribution in [2.24, 2.45) is 0 Å². The molecule has 3 aromatic rings. The normalized spacial score (nSPS) is 10.4. The van der Waals surface area contributed by atoms with E-state index in [1.54, 1.807) is 18.3 Å². The summed E-state index contributed by atoms with van der Waals surface area (Å²) in [6.07, 6.45) is 2.57. The molecule has 0 saturated heterocycles. The Labute approximate surface area is 116 Å². The fraction of sp³-hybridized carbons (Fsp3) is 0. The van der Waals surface area contributed by atoms with Gasteiger partial charge in [-0.05, 0) is 36.4 Å². The maximum absolute atomic E-state index is 10.8.